The van der Waals surface area contributed by atoms with Crippen molar-refractivity contribution >= 4 is 28.9 Å². The first-order chi connectivity index (χ1) is 14.0. The normalized spacial score (nSPS) is 12.7. The lowest BCUT2D eigenvalue weighted by atomic mass is 10.0. The number of nitrogens with two attached hydrogens (primary N) is 1. The van der Waals surface area contributed by atoms with Crippen LogP contribution in [0.3, 0.4) is 0 Å². The van der Waals surface area contributed by atoms with Crippen LogP contribution in [-0.2, 0) is 0 Å². The van der Waals surface area contributed by atoms with E-state index in [0.717, 1.165) is 30.0 Å². The van der Waals surface area contributed by atoms with Gasteiger partial charge in [0, 0.05) is 40.8 Å². The maximum atomic E-state index is 14.8. The van der Waals surface area contributed by atoms with E-state index in [9.17, 15) is 13.2 Å². The molecule has 1 aromatic carbocycles. The lowest BCUT2D eigenvalue weighted by Gasteiger charge is -2.07. The molecule has 0 amide bonds. The second-order valence-electron chi connectivity index (χ2n) is 6.39. The van der Waals surface area contributed by atoms with Crippen molar-refractivity contribution in [3.63, 3.8) is 0 Å². The highest BCUT2D eigenvalue weighted by Gasteiger charge is 2.16. The third-order valence-corrected chi connectivity index (χ3v) is 4.51. The molecule has 0 unspecified atom stereocenters. The first-order valence-electron chi connectivity index (χ1n) is 8.63. The molecule has 0 saturated carbocycles. The van der Waals surface area contributed by atoms with Gasteiger partial charge in [-0.3, -0.25) is 4.98 Å². The summed E-state index contributed by atoms with van der Waals surface area (Å²) in [5.41, 5.74) is 7.50. The lowest BCUT2D eigenvalue weighted by molar-refractivity contribution is 0.583. The predicted octanol–water partition coefficient (Wildman–Crippen LogP) is 3.23. The van der Waals surface area contributed by atoms with E-state index < -0.39 is 17.5 Å². The number of allylic oxidation sites excluding steroid dienone is 1. The SMILES string of the molecule is C=C(/C=c1\c(=C/N)[nH]c2ncc(F)c(-c3cc(F)cc(F)c3)c12)c1cccnc1. The van der Waals surface area contributed by atoms with E-state index in [1.54, 1.807) is 24.5 Å². The van der Waals surface area contributed by atoms with Crippen molar-refractivity contribution in [2.75, 3.05) is 0 Å². The number of nitrogens with one attached hydrogen (secondary N) is 1. The average Bonchev–Trinajstić information content (AvgIpc) is 3.05. The average molecular weight is 392 g/mol. The summed E-state index contributed by atoms with van der Waals surface area (Å²) in [6.45, 7) is 4.04. The van der Waals surface area contributed by atoms with Crippen molar-refractivity contribution in [1.82, 2.24) is 15.0 Å². The minimum Gasteiger partial charge on any atom is -0.403 e. The van der Waals surface area contributed by atoms with Crippen molar-refractivity contribution in [2.45, 2.75) is 0 Å². The molecule has 4 aromatic rings. The largest absolute Gasteiger partial charge is 0.403 e. The molecule has 3 N–H and O–H groups in total. The zero-order chi connectivity index (χ0) is 20.5. The van der Waals surface area contributed by atoms with E-state index >= 15 is 0 Å². The van der Waals surface area contributed by atoms with Crippen LogP contribution in [0.15, 0.2) is 55.5 Å². The third-order valence-electron chi connectivity index (χ3n) is 4.51. The Balaban J connectivity index is 2.09. The van der Waals surface area contributed by atoms with Gasteiger partial charge in [0.15, 0.2) is 0 Å². The fourth-order valence-corrected chi connectivity index (χ4v) is 3.25. The van der Waals surface area contributed by atoms with Crippen LogP contribution >= 0.6 is 0 Å². The molecule has 0 fully saturated rings. The smallest absolute Gasteiger partial charge is 0.150 e. The van der Waals surface area contributed by atoms with Crippen LogP contribution < -0.4 is 16.3 Å². The molecule has 144 valence electrons. The van der Waals surface area contributed by atoms with Gasteiger partial charge in [0.25, 0.3) is 0 Å². The number of nitrogens with zero attached hydrogens (tertiary/aromatic N) is 2. The Morgan fingerprint density at radius 3 is 2.52 bits per heavy atom. The monoisotopic (exact) mass is 392 g/mol. The Hall–Kier alpha value is -3.87. The van der Waals surface area contributed by atoms with Crippen molar-refractivity contribution in [3.8, 4) is 11.1 Å². The molecule has 29 heavy (non-hydrogen) atoms. The fraction of sp³-hybridized carbons (Fsp3) is 0. The number of aromatic amines is 1. The molecule has 0 radical (unpaired) electrons. The summed E-state index contributed by atoms with van der Waals surface area (Å²) >= 11 is 0. The van der Waals surface area contributed by atoms with Crippen molar-refractivity contribution in [1.29, 1.82) is 0 Å². The van der Waals surface area contributed by atoms with Gasteiger partial charge in [-0.25, -0.2) is 18.2 Å². The van der Waals surface area contributed by atoms with Gasteiger partial charge in [0.1, 0.15) is 23.1 Å². The van der Waals surface area contributed by atoms with Crippen LogP contribution in [0, 0.1) is 17.5 Å². The van der Waals surface area contributed by atoms with Crippen LogP contribution in [0.4, 0.5) is 13.2 Å². The number of aromatic nitrogens is 3. The van der Waals surface area contributed by atoms with Gasteiger partial charge in [-0.2, -0.15) is 0 Å². The minimum absolute atomic E-state index is 0.0167. The molecule has 7 heteroatoms. The van der Waals surface area contributed by atoms with Gasteiger partial charge in [-0.05, 0) is 41.0 Å². The van der Waals surface area contributed by atoms with Gasteiger partial charge in [-0.15, -0.1) is 0 Å². The number of benzene rings is 1. The quantitative estimate of drug-likeness (QED) is 0.563. The Morgan fingerprint density at radius 2 is 1.86 bits per heavy atom. The summed E-state index contributed by atoms with van der Waals surface area (Å²) in [5, 5.41) is 1.32. The molecular weight excluding hydrogens is 377 g/mol. The summed E-state index contributed by atoms with van der Waals surface area (Å²) in [6, 6.07) is 6.46. The zero-order valence-corrected chi connectivity index (χ0v) is 15.1. The maximum Gasteiger partial charge on any atom is 0.150 e. The second kappa shape index (κ2) is 7.27. The molecule has 0 bridgehead atoms. The van der Waals surface area contributed by atoms with Gasteiger partial charge >= 0.3 is 0 Å². The number of pyridine rings is 2. The van der Waals surface area contributed by atoms with E-state index in [1.807, 2.05) is 6.07 Å². The Kier molecular flexibility index (Phi) is 4.64. The lowest BCUT2D eigenvalue weighted by Crippen LogP contribution is -2.24. The topological polar surface area (TPSA) is 67.6 Å². The summed E-state index contributed by atoms with van der Waals surface area (Å²) in [7, 11) is 0. The van der Waals surface area contributed by atoms with E-state index in [1.165, 1.54) is 6.20 Å². The molecule has 0 aliphatic heterocycles. The Bertz CT molecular complexity index is 1340. The highest BCUT2D eigenvalue weighted by atomic mass is 19.1. The zero-order valence-electron chi connectivity index (χ0n) is 15.1. The predicted molar refractivity (Wildman–Crippen MR) is 107 cm³/mol. The molecule has 0 aliphatic rings. The number of rotatable bonds is 3. The number of halogens is 3. The summed E-state index contributed by atoms with van der Waals surface area (Å²) in [6.07, 6.45) is 7.29. The molecule has 4 rings (SSSR count). The fourth-order valence-electron chi connectivity index (χ4n) is 3.25. The number of fused-ring (bicyclic) bond motifs is 1. The Labute approximate surface area is 163 Å². The van der Waals surface area contributed by atoms with E-state index in [-0.39, 0.29) is 11.1 Å². The molecule has 3 aromatic heterocycles. The summed E-state index contributed by atoms with van der Waals surface area (Å²) in [5.74, 6) is -2.33. The molecule has 0 aliphatic carbocycles. The van der Waals surface area contributed by atoms with Crippen LogP contribution in [0.2, 0.25) is 0 Å². The third kappa shape index (κ3) is 3.38. The molecule has 0 atom stereocenters. The van der Waals surface area contributed by atoms with Crippen molar-refractivity contribution < 1.29 is 13.2 Å². The van der Waals surface area contributed by atoms with E-state index in [4.69, 9.17) is 5.73 Å². The van der Waals surface area contributed by atoms with E-state index in [2.05, 4.69) is 21.5 Å². The van der Waals surface area contributed by atoms with E-state index in [0.29, 0.717) is 27.2 Å². The van der Waals surface area contributed by atoms with Gasteiger partial charge in [0.05, 0.1) is 11.5 Å². The molecule has 4 nitrogen and oxygen atoms in total. The highest BCUT2D eigenvalue weighted by Crippen LogP contribution is 2.29. The minimum atomic E-state index is -0.809. The molecule has 0 spiro atoms. The first kappa shape index (κ1) is 18.5. The number of hydrogen-bond donors (Lipinski definition) is 2. The van der Waals surface area contributed by atoms with Gasteiger partial charge in [-0.1, -0.05) is 12.6 Å². The van der Waals surface area contributed by atoms with Crippen LogP contribution in [0.1, 0.15) is 5.56 Å². The standard InChI is InChI=1S/C22H15F3N4/c1-12(13-3-2-4-27-10-13)5-17-19(9-26)29-22-21(17)20(18(25)11-28-22)14-6-15(23)8-16(24)7-14/h2-11H,1,26H2,(H,28,29)/b17-5+,19-9+. The van der Waals surface area contributed by atoms with Crippen LogP contribution in [0.5, 0.6) is 0 Å². The Morgan fingerprint density at radius 1 is 1.10 bits per heavy atom. The van der Waals surface area contributed by atoms with Gasteiger partial charge in [0.2, 0.25) is 0 Å². The maximum absolute atomic E-state index is 14.8. The van der Waals surface area contributed by atoms with Crippen LogP contribution in [-0.4, -0.2) is 15.0 Å². The van der Waals surface area contributed by atoms with Gasteiger partial charge < -0.3 is 10.7 Å². The first-order valence-corrected chi connectivity index (χ1v) is 8.63. The second-order valence-corrected chi connectivity index (χ2v) is 6.39. The molecule has 3 heterocycles. The number of hydrogen-bond acceptors (Lipinski definition) is 3. The summed E-state index contributed by atoms with van der Waals surface area (Å²) < 4.78 is 42.4. The van der Waals surface area contributed by atoms with Crippen LogP contribution in [0.25, 0.3) is 40.0 Å². The number of H-pyrrole nitrogens is 1. The van der Waals surface area contributed by atoms with Crippen molar-refractivity contribution in [2.24, 2.45) is 5.73 Å². The summed E-state index contributed by atoms with van der Waals surface area (Å²) in [4.78, 5) is 11.1. The molecule has 0 saturated heterocycles. The van der Waals surface area contributed by atoms with Crippen molar-refractivity contribution in [3.05, 3.63) is 89.1 Å². The highest BCUT2D eigenvalue weighted by molar-refractivity contribution is 5.98. The molecular formula is C22H15F3N4.